The fourth-order valence-electron chi connectivity index (χ4n) is 1.56. The van der Waals surface area contributed by atoms with Crippen molar-refractivity contribution in [1.29, 1.82) is 0 Å². The molecule has 1 rings (SSSR count). The van der Waals surface area contributed by atoms with Crippen molar-refractivity contribution in [1.82, 2.24) is 4.57 Å². The summed E-state index contributed by atoms with van der Waals surface area (Å²) in [4.78, 5) is 34.0. The summed E-state index contributed by atoms with van der Waals surface area (Å²) in [6, 6.07) is 1.30. The van der Waals surface area contributed by atoms with Gasteiger partial charge in [0.15, 0.2) is 5.41 Å². The van der Waals surface area contributed by atoms with Crippen LogP contribution in [0.3, 0.4) is 0 Å². The molecule has 0 aliphatic heterocycles. The van der Waals surface area contributed by atoms with E-state index >= 15 is 0 Å². The highest BCUT2D eigenvalue weighted by Crippen LogP contribution is 2.22. The lowest BCUT2D eigenvalue weighted by Crippen LogP contribution is -2.45. The van der Waals surface area contributed by atoms with E-state index in [4.69, 9.17) is 10.2 Å². The molecule has 0 bridgehead atoms. The van der Waals surface area contributed by atoms with E-state index in [1.54, 1.807) is 6.92 Å². The molecule has 0 amide bonds. The normalized spacial score (nSPS) is 11.2. The summed E-state index contributed by atoms with van der Waals surface area (Å²) in [6.07, 6.45) is 1.51. The maximum Gasteiger partial charge on any atom is 0.325 e. The van der Waals surface area contributed by atoms with E-state index in [-0.39, 0.29) is 5.56 Å². The van der Waals surface area contributed by atoms with Crippen LogP contribution in [0.25, 0.3) is 0 Å². The minimum absolute atomic E-state index is 0.250. The Balaban J connectivity index is 3.67. The molecule has 0 aliphatic rings. The number of aliphatic carboxylic acids is 2. The van der Waals surface area contributed by atoms with Gasteiger partial charge in [-0.3, -0.25) is 14.4 Å². The van der Waals surface area contributed by atoms with Gasteiger partial charge in [-0.25, -0.2) is 0 Å². The van der Waals surface area contributed by atoms with Crippen molar-refractivity contribution >= 4 is 11.9 Å². The minimum atomic E-state index is -2.24. The number of hydrogen-bond acceptors (Lipinski definition) is 3. The van der Waals surface area contributed by atoms with Gasteiger partial charge >= 0.3 is 11.9 Å². The summed E-state index contributed by atoms with van der Waals surface area (Å²) in [6.45, 7) is 2.67. The van der Waals surface area contributed by atoms with Crippen LogP contribution in [0.2, 0.25) is 0 Å². The molecule has 0 saturated carbocycles. The molecule has 2 N–H and O–H groups in total. The SMILES string of the molecule is Cc1cc(C(C)(C(=O)O)C(=O)O)c(=O)n(C)c1. The molecule has 0 radical (unpaired) electrons. The molecule has 0 fully saturated rings. The largest absolute Gasteiger partial charge is 0.480 e. The number of hydrogen-bond donors (Lipinski definition) is 2. The van der Waals surface area contributed by atoms with Gasteiger partial charge in [0.1, 0.15) is 0 Å². The summed E-state index contributed by atoms with van der Waals surface area (Å²) in [5, 5.41) is 18.1. The molecule has 1 aromatic rings. The monoisotopic (exact) mass is 239 g/mol. The Kier molecular flexibility index (Phi) is 3.08. The average Bonchev–Trinajstić information content (AvgIpc) is 2.21. The van der Waals surface area contributed by atoms with Gasteiger partial charge in [-0.15, -0.1) is 0 Å². The molecule has 6 nitrogen and oxygen atoms in total. The molecular weight excluding hydrogens is 226 g/mol. The third-order valence-electron chi connectivity index (χ3n) is 2.71. The third-order valence-corrected chi connectivity index (χ3v) is 2.71. The Bertz CT molecular complexity index is 529. The summed E-state index contributed by atoms with van der Waals surface area (Å²) in [5.74, 6) is -3.12. The molecule has 0 atom stereocenters. The van der Waals surface area contributed by atoms with Crippen LogP contribution in [0.4, 0.5) is 0 Å². The predicted molar refractivity (Wildman–Crippen MR) is 59.0 cm³/mol. The smallest absolute Gasteiger partial charge is 0.325 e. The van der Waals surface area contributed by atoms with E-state index in [9.17, 15) is 14.4 Å². The van der Waals surface area contributed by atoms with Crippen LogP contribution in [0, 0.1) is 6.92 Å². The molecular formula is C11H13NO5. The third kappa shape index (κ3) is 1.93. The highest BCUT2D eigenvalue weighted by Gasteiger charge is 2.45. The lowest BCUT2D eigenvalue weighted by molar-refractivity contribution is -0.156. The number of aromatic nitrogens is 1. The number of rotatable bonds is 3. The first-order chi connectivity index (χ1) is 7.71. The Hall–Kier alpha value is -2.11. The Morgan fingerprint density at radius 3 is 2.18 bits per heavy atom. The lowest BCUT2D eigenvalue weighted by atomic mass is 9.83. The highest BCUT2D eigenvalue weighted by atomic mass is 16.4. The maximum atomic E-state index is 11.8. The zero-order chi connectivity index (χ0) is 13.4. The second kappa shape index (κ2) is 4.04. The van der Waals surface area contributed by atoms with Gasteiger partial charge in [-0.2, -0.15) is 0 Å². The van der Waals surface area contributed by atoms with Gasteiger partial charge in [-0.1, -0.05) is 0 Å². The van der Waals surface area contributed by atoms with Crippen LogP contribution in [0.5, 0.6) is 0 Å². The van der Waals surface area contributed by atoms with Crippen LogP contribution >= 0.6 is 0 Å². The number of pyridine rings is 1. The zero-order valence-electron chi connectivity index (χ0n) is 9.72. The molecule has 0 spiro atoms. The molecule has 92 valence electrons. The molecule has 0 aliphatic carbocycles. The molecule has 0 aromatic carbocycles. The van der Waals surface area contributed by atoms with Gasteiger partial charge < -0.3 is 14.8 Å². The number of nitrogens with zero attached hydrogens (tertiary/aromatic N) is 1. The molecule has 0 unspecified atom stereocenters. The zero-order valence-corrected chi connectivity index (χ0v) is 9.72. The maximum absolute atomic E-state index is 11.8. The van der Waals surface area contributed by atoms with Gasteiger partial charge in [0.25, 0.3) is 5.56 Å². The molecule has 0 saturated heterocycles. The van der Waals surface area contributed by atoms with E-state index in [1.165, 1.54) is 23.9 Å². The summed E-state index contributed by atoms with van der Waals surface area (Å²) < 4.78 is 1.18. The minimum Gasteiger partial charge on any atom is -0.480 e. The molecule has 6 heteroatoms. The summed E-state index contributed by atoms with van der Waals surface area (Å²) in [7, 11) is 1.45. The number of carboxylic acids is 2. The fraction of sp³-hybridized carbons (Fsp3) is 0.364. The van der Waals surface area contributed by atoms with E-state index in [0.29, 0.717) is 5.56 Å². The van der Waals surface area contributed by atoms with Crippen LogP contribution < -0.4 is 5.56 Å². The molecule has 1 heterocycles. The first kappa shape index (κ1) is 13.0. The standard InChI is InChI=1S/C11H13NO5/c1-6-4-7(8(13)12(3)5-6)11(2,9(14)15)10(16)17/h4-5H,1-3H3,(H,14,15)(H,16,17). The number of aryl methyl sites for hydroxylation is 2. The van der Waals surface area contributed by atoms with Crippen molar-refractivity contribution in [3.05, 3.63) is 33.7 Å². The first-order valence-electron chi connectivity index (χ1n) is 4.85. The second-order valence-electron chi connectivity index (χ2n) is 4.08. The van der Waals surface area contributed by atoms with E-state index < -0.39 is 22.9 Å². The van der Waals surface area contributed by atoms with Crippen molar-refractivity contribution in [3.63, 3.8) is 0 Å². The van der Waals surface area contributed by atoms with E-state index in [2.05, 4.69) is 0 Å². The number of carboxylic acid groups (broad SMARTS) is 2. The van der Waals surface area contributed by atoms with Crippen molar-refractivity contribution in [2.24, 2.45) is 7.05 Å². The van der Waals surface area contributed by atoms with Crippen molar-refractivity contribution in [2.45, 2.75) is 19.3 Å². The fourth-order valence-corrected chi connectivity index (χ4v) is 1.56. The topological polar surface area (TPSA) is 96.6 Å². The first-order valence-corrected chi connectivity index (χ1v) is 4.85. The predicted octanol–water partition coefficient (Wildman–Crippen LogP) is 0.121. The lowest BCUT2D eigenvalue weighted by Gasteiger charge is -2.20. The van der Waals surface area contributed by atoms with Gasteiger partial charge in [0.05, 0.1) is 0 Å². The van der Waals surface area contributed by atoms with Crippen LogP contribution in [-0.2, 0) is 22.1 Å². The summed E-state index contributed by atoms with van der Waals surface area (Å²) >= 11 is 0. The van der Waals surface area contributed by atoms with Crippen LogP contribution in [-0.4, -0.2) is 26.7 Å². The van der Waals surface area contributed by atoms with Crippen molar-refractivity contribution in [2.75, 3.05) is 0 Å². The van der Waals surface area contributed by atoms with Crippen molar-refractivity contribution < 1.29 is 19.8 Å². The van der Waals surface area contributed by atoms with Crippen LogP contribution in [0.15, 0.2) is 17.1 Å². The molecule has 17 heavy (non-hydrogen) atoms. The summed E-state index contributed by atoms with van der Waals surface area (Å²) in [5.41, 5.74) is -2.49. The molecule has 1 aromatic heterocycles. The van der Waals surface area contributed by atoms with Crippen molar-refractivity contribution in [3.8, 4) is 0 Å². The Morgan fingerprint density at radius 2 is 1.76 bits per heavy atom. The van der Waals surface area contributed by atoms with E-state index in [0.717, 1.165) is 6.92 Å². The quantitative estimate of drug-likeness (QED) is 0.730. The Labute approximate surface area is 97.1 Å². The highest BCUT2D eigenvalue weighted by molar-refractivity contribution is 6.04. The Morgan fingerprint density at radius 1 is 1.29 bits per heavy atom. The van der Waals surface area contributed by atoms with E-state index in [1.807, 2.05) is 0 Å². The average molecular weight is 239 g/mol. The van der Waals surface area contributed by atoms with Gasteiger partial charge in [-0.05, 0) is 25.5 Å². The van der Waals surface area contributed by atoms with Gasteiger partial charge in [0.2, 0.25) is 0 Å². The van der Waals surface area contributed by atoms with Gasteiger partial charge in [0, 0.05) is 18.8 Å². The van der Waals surface area contributed by atoms with Crippen LogP contribution in [0.1, 0.15) is 18.1 Å². The second-order valence-corrected chi connectivity index (χ2v) is 4.08. The number of carbonyl (C=O) groups is 2.